The fraction of sp³-hybridized carbons (Fsp3) is 0.143. The third-order valence-electron chi connectivity index (χ3n) is 2.60. The summed E-state index contributed by atoms with van der Waals surface area (Å²) in [4.78, 5) is 20.7. The molecule has 1 amide bonds. The van der Waals surface area contributed by atoms with Crippen LogP contribution in [0.1, 0.15) is 5.69 Å². The molecule has 4 heteroatoms. The first-order valence-electron chi connectivity index (χ1n) is 5.56. The van der Waals surface area contributed by atoms with E-state index in [1.54, 1.807) is 13.1 Å². The van der Waals surface area contributed by atoms with Gasteiger partial charge in [-0.05, 0) is 18.2 Å². The minimum absolute atomic E-state index is 0.229. The zero-order chi connectivity index (χ0) is 13.0. The molecule has 0 N–H and O–H groups in total. The van der Waals surface area contributed by atoms with E-state index in [-0.39, 0.29) is 5.91 Å². The van der Waals surface area contributed by atoms with Crippen LogP contribution in [0.2, 0.25) is 0 Å². The number of hydrogen-bond acceptors (Lipinski definition) is 3. The van der Waals surface area contributed by atoms with Crippen molar-refractivity contribution in [3.8, 4) is 0 Å². The lowest BCUT2D eigenvalue weighted by Gasteiger charge is -2.09. The van der Waals surface area contributed by atoms with Crippen LogP contribution in [0.25, 0.3) is 17.0 Å². The molecule has 0 aliphatic heterocycles. The Bertz CT molecular complexity index is 593. The van der Waals surface area contributed by atoms with Crippen LogP contribution < -0.4 is 0 Å². The van der Waals surface area contributed by atoms with Gasteiger partial charge in [-0.3, -0.25) is 9.63 Å². The number of hydroxylamine groups is 2. The van der Waals surface area contributed by atoms with Crippen LogP contribution in [-0.2, 0) is 9.63 Å². The summed E-state index contributed by atoms with van der Waals surface area (Å²) in [7, 11) is 3.00. The Kier molecular flexibility index (Phi) is 3.69. The number of para-hydroxylation sites is 1. The van der Waals surface area contributed by atoms with Gasteiger partial charge in [-0.15, -0.1) is 0 Å². The Morgan fingerprint density at radius 3 is 2.83 bits per heavy atom. The lowest BCUT2D eigenvalue weighted by Crippen LogP contribution is -2.22. The first kappa shape index (κ1) is 12.3. The number of pyridine rings is 1. The molecule has 2 aromatic rings. The number of hydrogen-bond donors (Lipinski definition) is 0. The third-order valence-corrected chi connectivity index (χ3v) is 2.60. The van der Waals surface area contributed by atoms with Gasteiger partial charge in [-0.1, -0.05) is 24.3 Å². The second kappa shape index (κ2) is 5.42. The Balaban J connectivity index is 2.22. The highest BCUT2D eigenvalue weighted by molar-refractivity contribution is 5.91. The molecule has 1 aromatic carbocycles. The van der Waals surface area contributed by atoms with E-state index in [1.807, 2.05) is 36.4 Å². The molecular formula is C14H14N2O2. The molecule has 1 heterocycles. The van der Waals surface area contributed by atoms with Crippen LogP contribution in [-0.4, -0.2) is 30.1 Å². The van der Waals surface area contributed by atoms with Crippen LogP contribution in [0.3, 0.4) is 0 Å². The molecule has 0 fully saturated rings. The van der Waals surface area contributed by atoms with Crippen LogP contribution in [0.4, 0.5) is 0 Å². The quantitative estimate of drug-likeness (QED) is 0.612. The van der Waals surface area contributed by atoms with Crippen molar-refractivity contribution >= 4 is 22.9 Å². The van der Waals surface area contributed by atoms with Crippen LogP contribution in [0.15, 0.2) is 42.5 Å². The molecule has 0 aliphatic carbocycles. The molecule has 1 aromatic heterocycles. The molecule has 0 saturated carbocycles. The van der Waals surface area contributed by atoms with Gasteiger partial charge in [0.05, 0.1) is 18.3 Å². The summed E-state index contributed by atoms with van der Waals surface area (Å²) >= 11 is 0. The first-order valence-corrected chi connectivity index (χ1v) is 5.56. The van der Waals surface area contributed by atoms with Crippen molar-refractivity contribution in [1.29, 1.82) is 0 Å². The average molecular weight is 242 g/mol. The lowest BCUT2D eigenvalue weighted by molar-refractivity contribution is -0.162. The molecule has 92 valence electrons. The number of carbonyl (C=O) groups excluding carboxylic acids is 1. The molecule has 0 saturated heterocycles. The van der Waals surface area contributed by atoms with Crippen molar-refractivity contribution in [2.24, 2.45) is 0 Å². The summed E-state index contributed by atoms with van der Waals surface area (Å²) in [5, 5.41) is 2.23. The molecule has 0 spiro atoms. The number of likely N-dealkylation sites (N-methyl/N-ethyl adjacent to an activating group) is 1. The van der Waals surface area contributed by atoms with Crippen molar-refractivity contribution in [3.05, 3.63) is 48.2 Å². The SMILES string of the molecule is CON(C)C(=O)C=Cc1ccc2ccccc2n1. The van der Waals surface area contributed by atoms with E-state index in [4.69, 9.17) is 4.84 Å². The van der Waals surface area contributed by atoms with E-state index in [0.29, 0.717) is 0 Å². The van der Waals surface area contributed by atoms with E-state index < -0.39 is 0 Å². The minimum Gasteiger partial charge on any atom is -0.274 e. The van der Waals surface area contributed by atoms with E-state index >= 15 is 0 Å². The van der Waals surface area contributed by atoms with E-state index in [0.717, 1.165) is 21.7 Å². The fourth-order valence-electron chi connectivity index (χ4n) is 1.53. The van der Waals surface area contributed by atoms with Gasteiger partial charge >= 0.3 is 0 Å². The molecule has 4 nitrogen and oxygen atoms in total. The number of nitrogens with zero attached hydrogens (tertiary/aromatic N) is 2. The zero-order valence-electron chi connectivity index (χ0n) is 10.3. The third kappa shape index (κ3) is 2.73. The number of carbonyl (C=O) groups is 1. The minimum atomic E-state index is -0.229. The average Bonchev–Trinajstić information content (AvgIpc) is 2.43. The summed E-state index contributed by atoms with van der Waals surface area (Å²) in [6.07, 6.45) is 3.10. The molecule has 0 aliphatic rings. The van der Waals surface area contributed by atoms with Crippen molar-refractivity contribution in [2.45, 2.75) is 0 Å². The fourth-order valence-corrected chi connectivity index (χ4v) is 1.53. The van der Waals surface area contributed by atoms with Gasteiger partial charge in [0.15, 0.2) is 0 Å². The summed E-state index contributed by atoms with van der Waals surface area (Å²) in [5.41, 5.74) is 1.65. The number of fused-ring (bicyclic) bond motifs is 1. The van der Waals surface area contributed by atoms with Gasteiger partial charge in [-0.25, -0.2) is 10.0 Å². The Morgan fingerprint density at radius 1 is 1.28 bits per heavy atom. The molecule has 0 bridgehead atoms. The maximum Gasteiger partial charge on any atom is 0.269 e. The second-order valence-corrected chi connectivity index (χ2v) is 3.78. The highest BCUT2D eigenvalue weighted by atomic mass is 16.7. The molecule has 2 rings (SSSR count). The second-order valence-electron chi connectivity index (χ2n) is 3.78. The predicted molar refractivity (Wildman–Crippen MR) is 70.6 cm³/mol. The largest absolute Gasteiger partial charge is 0.274 e. The van der Waals surface area contributed by atoms with E-state index in [9.17, 15) is 4.79 Å². The molecule has 0 radical (unpaired) electrons. The lowest BCUT2D eigenvalue weighted by atomic mass is 10.2. The number of amides is 1. The van der Waals surface area contributed by atoms with Crippen LogP contribution in [0, 0.1) is 0 Å². The molecular weight excluding hydrogens is 228 g/mol. The summed E-state index contributed by atoms with van der Waals surface area (Å²) < 4.78 is 0. The smallest absolute Gasteiger partial charge is 0.269 e. The summed E-state index contributed by atoms with van der Waals surface area (Å²) in [6.45, 7) is 0. The number of benzene rings is 1. The van der Waals surface area contributed by atoms with Gasteiger partial charge < -0.3 is 0 Å². The highest BCUT2D eigenvalue weighted by Gasteiger charge is 2.02. The highest BCUT2D eigenvalue weighted by Crippen LogP contribution is 2.12. The first-order chi connectivity index (χ1) is 8.70. The summed E-state index contributed by atoms with van der Waals surface area (Å²) in [6, 6.07) is 11.7. The number of aromatic nitrogens is 1. The Labute approximate surface area is 105 Å². The van der Waals surface area contributed by atoms with Gasteiger partial charge in [0.2, 0.25) is 0 Å². The van der Waals surface area contributed by atoms with Gasteiger partial charge in [-0.2, -0.15) is 0 Å². The van der Waals surface area contributed by atoms with Crippen molar-refractivity contribution in [3.63, 3.8) is 0 Å². The normalized spacial score (nSPS) is 11.0. The van der Waals surface area contributed by atoms with Gasteiger partial charge in [0.25, 0.3) is 5.91 Å². The van der Waals surface area contributed by atoms with Crippen molar-refractivity contribution < 1.29 is 9.63 Å². The molecule has 0 atom stereocenters. The molecule has 18 heavy (non-hydrogen) atoms. The molecule has 0 unspecified atom stereocenters. The standard InChI is InChI=1S/C14H14N2O2/c1-16(18-2)14(17)10-9-12-8-7-11-5-3-4-6-13(11)15-12/h3-10H,1-2H3. The topological polar surface area (TPSA) is 42.4 Å². The van der Waals surface area contributed by atoms with Crippen LogP contribution >= 0.6 is 0 Å². The zero-order valence-corrected chi connectivity index (χ0v) is 10.3. The van der Waals surface area contributed by atoms with Crippen LogP contribution in [0.5, 0.6) is 0 Å². The number of rotatable bonds is 3. The van der Waals surface area contributed by atoms with Crippen molar-refractivity contribution in [2.75, 3.05) is 14.2 Å². The Hall–Kier alpha value is -2.20. The van der Waals surface area contributed by atoms with E-state index in [1.165, 1.54) is 13.2 Å². The van der Waals surface area contributed by atoms with Crippen molar-refractivity contribution in [1.82, 2.24) is 10.0 Å². The maximum atomic E-state index is 11.5. The van der Waals surface area contributed by atoms with Gasteiger partial charge in [0.1, 0.15) is 0 Å². The van der Waals surface area contributed by atoms with E-state index in [2.05, 4.69) is 4.98 Å². The Morgan fingerprint density at radius 2 is 2.06 bits per heavy atom. The monoisotopic (exact) mass is 242 g/mol. The maximum absolute atomic E-state index is 11.5. The predicted octanol–water partition coefficient (Wildman–Crippen LogP) is 2.27. The van der Waals surface area contributed by atoms with Gasteiger partial charge in [0, 0.05) is 18.5 Å². The summed E-state index contributed by atoms with van der Waals surface area (Å²) in [5.74, 6) is -0.229.